The fourth-order valence-electron chi connectivity index (χ4n) is 2.40. The van der Waals surface area contributed by atoms with Gasteiger partial charge in [0.2, 0.25) is 0 Å². The summed E-state index contributed by atoms with van der Waals surface area (Å²) in [5, 5.41) is 0. The van der Waals surface area contributed by atoms with Crippen LogP contribution in [0.5, 0.6) is 5.75 Å². The van der Waals surface area contributed by atoms with Crippen LogP contribution in [0.3, 0.4) is 0 Å². The Kier molecular flexibility index (Phi) is 5.03. The summed E-state index contributed by atoms with van der Waals surface area (Å²) in [4.78, 5) is 1.94. The maximum absolute atomic E-state index is 13.5. The second kappa shape index (κ2) is 6.60. The van der Waals surface area contributed by atoms with E-state index in [1.165, 1.54) is 6.07 Å². The first-order chi connectivity index (χ1) is 9.83. The monoisotopic (exact) mass is 309 g/mol. The maximum Gasteiger partial charge on any atom is 0.573 e. The molecule has 118 valence electrons. The smallest absolute Gasteiger partial charge is 0.403 e. The summed E-state index contributed by atoms with van der Waals surface area (Å²) < 4.78 is 66.3. The van der Waals surface area contributed by atoms with Crippen molar-refractivity contribution in [2.75, 3.05) is 19.6 Å². The van der Waals surface area contributed by atoms with E-state index in [2.05, 4.69) is 4.74 Å². The van der Waals surface area contributed by atoms with E-state index in [-0.39, 0.29) is 0 Å². The lowest BCUT2D eigenvalue weighted by atomic mass is 10.1. The molecule has 2 rings (SSSR count). The number of alkyl halides is 4. The first-order valence-electron chi connectivity index (χ1n) is 6.74. The lowest BCUT2D eigenvalue weighted by molar-refractivity contribution is -0.275. The number of hydrogen-bond donors (Lipinski definition) is 0. The molecule has 1 saturated heterocycles. The highest BCUT2D eigenvalue weighted by atomic mass is 19.4. The molecular weight excluding hydrogens is 293 g/mol. The number of nitrogens with zero attached hydrogens (tertiary/aromatic N) is 1. The summed E-state index contributed by atoms with van der Waals surface area (Å²) in [5.74, 6) is -1.89. The Morgan fingerprint density at radius 2 is 2.05 bits per heavy atom. The molecule has 1 heterocycles. The van der Waals surface area contributed by atoms with Crippen molar-refractivity contribution in [2.45, 2.75) is 31.8 Å². The molecule has 1 fully saturated rings. The average Bonchev–Trinajstić information content (AvgIpc) is 2.38. The van der Waals surface area contributed by atoms with Crippen molar-refractivity contribution < 1.29 is 26.7 Å². The molecule has 2 nitrogen and oxygen atoms in total. The topological polar surface area (TPSA) is 12.5 Å². The standard InChI is InChI=1S/C14H16F5NO/c15-11-2-1-6-20(9-11)7-5-10-3-4-13(12(16)8-10)21-14(17,18)19/h3-4,8,11H,1-2,5-7,9H2. The third-order valence-electron chi connectivity index (χ3n) is 3.39. The fourth-order valence-corrected chi connectivity index (χ4v) is 2.40. The first-order valence-corrected chi connectivity index (χ1v) is 6.74. The summed E-state index contributed by atoms with van der Waals surface area (Å²) in [7, 11) is 0. The SMILES string of the molecule is Fc1cc(CCN2CCCC(F)C2)ccc1OC(F)(F)F. The Balaban J connectivity index is 1.91. The molecule has 0 radical (unpaired) electrons. The van der Waals surface area contributed by atoms with Gasteiger partial charge in [0, 0.05) is 13.1 Å². The van der Waals surface area contributed by atoms with Crippen LogP contribution in [0.25, 0.3) is 0 Å². The molecule has 7 heteroatoms. The summed E-state index contributed by atoms with van der Waals surface area (Å²) in [6, 6.07) is 3.38. The number of halogens is 5. The van der Waals surface area contributed by atoms with E-state index in [4.69, 9.17) is 0 Å². The van der Waals surface area contributed by atoms with Crippen LogP contribution in [-0.2, 0) is 6.42 Å². The van der Waals surface area contributed by atoms with Crippen LogP contribution in [0.4, 0.5) is 22.0 Å². The molecule has 0 amide bonds. The highest BCUT2D eigenvalue weighted by Gasteiger charge is 2.32. The molecule has 21 heavy (non-hydrogen) atoms. The van der Waals surface area contributed by atoms with Crippen LogP contribution in [-0.4, -0.2) is 37.1 Å². The molecule has 1 aromatic carbocycles. The van der Waals surface area contributed by atoms with E-state index in [0.717, 1.165) is 25.1 Å². The van der Waals surface area contributed by atoms with Crippen LogP contribution in [0.15, 0.2) is 18.2 Å². The number of ether oxygens (including phenoxy) is 1. The molecule has 0 aromatic heterocycles. The van der Waals surface area contributed by atoms with Gasteiger partial charge in [-0.25, -0.2) is 8.78 Å². The number of likely N-dealkylation sites (tertiary alicyclic amines) is 1. The predicted octanol–water partition coefficient (Wildman–Crippen LogP) is 3.70. The Morgan fingerprint density at radius 1 is 1.29 bits per heavy atom. The van der Waals surface area contributed by atoms with Gasteiger partial charge in [-0.1, -0.05) is 6.07 Å². The molecule has 0 saturated carbocycles. The van der Waals surface area contributed by atoms with E-state index in [1.807, 2.05) is 4.90 Å². The van der Waals surface area contributed by atoms with Crippen molar-refractivity contribution in [1.29, 1.82) is 0 Å². The second-order valence-corrected chi connectivity index (χ2v) is 5.10. The van der Waals surface area contributed by atoms with Crippen LogP contribution in [0.1, 0.15) is 18.4 Å². The minimum absolute atomic E-state index is 0.359. The van der Waals surface area contributed by atoms with Crippen molar-refractivity contribution in [2.24, 2.45) is 0 Å². The molecule has 1 atom stereocenters. The molecule has 1 unspecified atom stereocenters. The van der Waals surface area contributed by atoms with E-state index >= 15 is 0 Å². The van der Waals surface area contributed by atoms with E-state index < -0.39 is 24.1 Å². The Labute approximate surface area is 119 Å². The zero-order chi connectivity index (χ0) is 15.5. The molecule has 0 aliphatic carbocycles. The van der Waals surface area contributed by atoms with Gasteiger partial charge in [-0.3, -0.25) is 0 Å². The Bertz CT molecular complexity index is 477. The largest absolute Gasteiger partial charge is 0.573 e. The maximum atomic E-state index is 13.5. The molecule has 0 N–H and O–H groups in total. The lowest BCUT2D eigenvalue weighted by Crippen LogP contribution is -2.37. The van der Waals surface area contributed by atoms with Gasteiger partial charge < -0.3 is 9.64 Å². The molecule has 1 aliphatic rings. The van der Waals surface area contributed by atoms with E-state index in [1.54, 1.807) is 0 Å². The summed E-state index contributed by atoms with van der Waals surface area (Å²) in [6.45, 7) is 1.70. The van der Waals surface area contributed by atoms with Crippen molar-refractivity contribution in [3.63, 3.8) is 0 Å². The highest BCUT2D eigenvalue weighted by molar-refractivity contribution is 5.29. The van der Waals surface area contributed by atoms with Crippen molar-refractivity contribution in [1.82, 2.24) is 4.90 Å². The predicted molar refractivity (Wildman–Crippen MR) is 67.4 cm³/mol. The van der Waals surface area contributed by atoms with Gasteiger partial charge in [0.1, 0.15) is 6.17 Å². The van der Waals surface area contributed by atoms with Crippen LogP contribution in [0.2, 0.25) is 0 Å². The third-order valence-corrected chi connectivity index (χ3v) is 3.39. The van der Waals surface area contributed by atoms with Gasteiger partial charge in [0.05, 0.1) is 0 Å². The highest BCUT2D eigenvalue weighted by Crippen LogP contribution is 2.26. The first kappa shape index (κ1) is 16.0. The molecule has 1 aromatic rings. The zero-order valence-corrected chi connectivity index (χ0v) is 11.3. The van der Waals surface area contributed by atoms with Crippen LogP contribution in [0, 0.1) is 5.82 Å². The van der Waals surface area contributed by atoms with Crippen LogP contribution < -0.4 is 4.74 Å². The molecule has 1 aliphatic heterocycles. The normalized spacial score (nSPS) is 20.5. The zero-order valence-electron chi connectivity index (χ0n) is 11.3. The van der Waals surface area contributed by atoms with E-state index in [0.29, 0.717) is 31.5 Å². The summed E-state index contributed by atoms with van der Waals surface area (Å²) >= 11 is 0. The van der Waals surface area contributed by atoms with Gasteiger partial charge >= 0.3 is 6.36 Å². The summed E-state index contributed by atoms with van der Waals surface area (Å²) in [6.07, 6.45) is -3.94. The van der Waals surface area contributed by atoms with Gasteiger partial charge in [-0.2, -0.15) is 0 Å². The molecule has 0 spiro atoms. The van der Waals surface area contributed by atoms with Crippen molar-refractivity contribution in [3.8, 4) is 5.75 Å². The van der Waals surface area contributed by atoms with Crippen molar-refractivity contribution in [3.05, 3.63) is 29.6 Å². The number of hydrogen-bond acceptors (Lipinski definition) is 2. The van der Waals surface area contributed by atoms with Crippen molar-refractivity contribution >= 4 is 0 Å². The summed E-state index contributed by atoms with van der Waals surface area (Å²) in [5.41, 5.74) is 0.558. The number of benzene rings is 1. The Morgan fingerprint density at radius 3 is 2.67 bits per heavy atom. The number of rotatable bonds is 4. The second-order valence-electron chi connectivity index (χ2n) is 5.10. The average molecular weight is 309 g/mol. The van der Waals surface area contributed by atoms with Gasteiger partial charge in [0.25, 0.3) is 0 Å². The minimum Gasteiger partial charge on any atom is -0.403 e. The molecule has 0 bridgehead atoms. The van der Waals surface area contributed by atoms with Gasteiger partial charge in [0.15, 0.2) is 11.6 Å². The molecular formula is C14H16F5NO. The minimum atomic E-state index is -4.91. The number of piperidine rings is 1. The Hall–Kier alpha value is -1.37. The van der Waals surface area contributed by atoms with Gasteiger partial charge in [-0.05, 0) is 43.5 Å². The quantitative estimate of drug-likeness (QED) is 0.786. The third kappa shape index (κ3) is 5.15. The van der Waals surface area contributed by atoms with Gasteiger partial charge in [-0.15, -0.1) is 13.2 Å². The fraction of sp³-hybridized carbons (Fsp3) is 0.571. The van der Waals surface area contributed by atoms with E-state index in [9.17, 15) is 22.0 Å². The lowest BCUT2D eigenvalue weighted by Gasteiger charge is -2.28. The van der Waals surface area contributed by atoms with Crippen LogP contribution >= 0.6 is 0 Å².